The van der Waals surface area contributed by atoms with Crippen molar-refractivity contribution in [1.82, 2.24) is 15.1 Å². The molecule has 2 aromatic carbocycles. The van der Waals surface area contributed by atoms with Gasteiger partial charge in [-0.1, -0.05) is 36.4 Å². The second-order valence-electron chi connectivity index (χ2n) is 7.90. The third-order valence-electron chi connectivity index (χ3n) is 5.44. The molecule has 1 aromatic heterocycles. The molecule has 1 aliphatic heterocycles. The van der Waals surface area contributed by atoms with Crippen molar-refractivity contribution in [2.45, 2.75) is 37.5 Å². The summed E-state index contributed by atoms with van der Waals surface area (Å²) in [5.74, 6) is 0.920. The van der Waals surface area contributed by atoms with E-state index in [1.807, 2.05) is 30.3 Å². The average molecular weight is 432 g/mol. The van der Waals surface area contributed by atoms with Gasteiger partial charge in [0.25, 0.3) is 0 Å². The minimum Gasteiger partial charge on any atom is -0.494 e. The van der Waals surface area contributed by atoms with E-state index in [1.54, 1.807) is 0 Å². The number of ether oxygens (including phenoxy) is 1. The molecule has 4 rings (SSSR count). The number of nitrogens with one attached hydrogen (secondary N) is 1. The molecule has 0 aliphatic carbocycles. The number of aromatic nitrogens is 2. The SMILES string of the molecule is Cc1cc(CCN2C=CCC(c3cc(CCCOc4ccccc4)[nH]n3)=C2)ccc1S. The second-order valence-corrected chi connectivity index (χ2v) is 8.38. The molecular weight excluding hydrogens is 402 g/mol. The lowest BCUT2D eigenvalue weighted by Crippen LogP contribution is -2.16. The smallest absolute Gasteiger partial charge is 0.119 e. The number of hydrogen-bond acceptors (Lipinski definition) is 4. The van der Waals surface area contributed by atoms with E-state index in [-0.39, 0.29) is 0 Å². The van der Waals surface area contributed by atoms with E-state index in [1.165, 1.54) is 16.7 Å². The lowest BCUT2D eigenvalue weighted by Gasteiger charge is -2.21. The van der Waals surface area contributed by atoms with Gasteiger partial charge in [0.2, 0.25) is 0 Å². The van der Waals surface area contributed by atoms with Crippen LogP contribution in [0.3, 0.4) is 0 Å². The van der Waals surface area contributed by atoms with Crippen molar-refractivity contribution in [3.05, 3.63) is 95.6 Å². The van der Waals surface area contributed by atoms with Gasteiger partial charge in [-0.05, 0) is 79.8 Å². The average Bonchev–Trinajstić information content (AvgIpc) is 3.28. The molecule has 5 heteroatoms. The highest BCUT2D eigenvalue weighted by molar-refractivity contribution is 7.80. The Labute approximate surface area is 190 Å². The minimum atomic E-state index is 0.700. The van der Waals surface area contributed by atoms with Gasteiger partial charge in [-0.3, -0.25) is 5.10 Å². The predicted octanol–water partition coefficient (Wildman–Crippen LogP) is 5.82. The molecule has 0 atom stereocenters. The molecule has 0 radical (unpaired) electrons. The summed E-state index contributed by atoms with van der Waals surface area (Å²) in [4.78, 5) is 3.30. The highest BCUT2D eigenvalue weighted by Gasteiger charge is 2.11. The first-order valence-electron chi connectivity index (χ1n) is 10.8. The highest BCUT2D eigenvalue weighted by atomic mass is 32.1. The standard InChI is InChI=1S/C26H29N3OS/c1-20-17-21(11-12-26(20)31)13-15-29-14-5-7-22(19-29)25-18-23(27-28-25)8-6-16-30-24-9-3-2-4-10-24/h2-5,9-12,14,17-19,31H,6-8,13,15-16H2,1H3,(H,27,28). The van der Waals surface area contributed by atoms with Crippen LogP contribution < -0.4 is 4.74 Å². The molecule has 4 nitrogen and oxygen atoms in total. The maximum Gasteiger partial charge on any atom is 0.119 e. The quantitative estimate of drug-likeness (QED) is 0.331. The van der Waals surface area contributed by atoms with E-state index in [0.717, 1.165) is 54.3 Å². The van der Waals surface area contributed by atoms with Crippen LogP contribution in [0.5, 0.6) is 5.75 Å². The fraction of sp³-hybridized carbons (Fsp3) is 0.269. The van der Waals surface area contributed by atoms with Crippen LogP contribution in [0.1, 0.15) is 35.4 Å². The number of para-hydroxylation sites is 1. The van der Waals surface area contributed by atoms with Crippen LogP contribution in [0.25, 0.3) is 5.57 Å². The Balaban J connectivity index is 1.28. The molecule has 1 aliphatic rings. The van der Waals surface area contributed by atoms with Crippen molar-refractivity contribution in [3.8, 4) is 5.75 Å². The van der Waals surface area contributed by atoms with Crippen molar-refractivity contribution >= 4 is 18.2 Å². The summed E-state index contributed by atoms with van der Waals surface area (Å²) >= 11 is 4.46. The van der Waals surface area contributed by atoms with Crippen molar-refractivity contribution in [2.75, 3.05) is 13.2 Å². The highest BCUT2D eigenvalue weighted by Crippen LogP contribution is 2.23. The Bertz CT molecular complexity index is 1060. The number of rotatable bonds is 9. The second kappa shape index (κ2) is 10.4. The van der Waals surface area contributed by atoms with E-state index in [4.69, 9.17) is 4.74 Å². The summed E-state index contributed by atoms with van der Waals surface area (Å²) in [6.07, 6.45) is 10.4. The van der Waals surface area contributed by atoms with Gasteiger partial charge in [-0.25, -0.2) is 0 Å². The van der Waals surface area contributed by atoms with E-state index in [9.17, 15) is 0 Å². The fourth-order valence-corrected chi connectivity index (χ4v) is 3.81. The number of nitrogens with zero attached hydrogens (tertiary/aromatic N) is 2. The van der Waals surface area contributed by atoms with E-state index >= 15 is 0 Å². The molecule has 31 heavy (non-hydrogen) atoms. The van der Waals surface area contributed by atoms with Gasteiger partial charge in [0.15, 0.2) is 0 Å². The number of allylic oxidation sites excluding steroid dienone is 2. The van der Waals surface area contributed by atoms with Crippen LogP contribution >= 0.6 is 12.6 Å². The van der Waals surface area contributed by atoms with Crippen LogP contribution in [0.15, 0.2) is 78.0 Å². The minimum absolute atomic E-state index is 0.700. The molecule has 0 saturated carbocycles. The number of aryl methyl sites for hydroxylation is 2. The summed E-state index contributed by atoms with van der Waals surface area (Å²) in [7, 11) is 0. The molecule has 3 aromatic rings. The largest absolute Gasteiger partial charge is 0.494 e. The predicted molar refractivity (Wildman–Crippen MR) is 129 cm³/mol. The first-order valence-corrected chi connectivity index (χ1v) is 11.3. The molecule has 0 spiro atoms. The van der Waals surface area contributed by atoms with Gasteiger partial charge in [-0.2, -0.15) is 5.10 Å². The molecule has 0 fully saturated rings. The number of hydrogen-bond donors (Lipinski definition) is 2. The van der Waals surface area contributed by atoms with Crippen molar-refractivity contribution in [1.29, 1.82) is 0 Å². The lowest BCUT2D eigenvalue weighted by atomic mass is 10.1. The van der Waals surface area contributed by atoms with Crippen molar-refractivity contribution in [3.63, 3.8) is 0 Å². The number of H-pyrrole nitrogens is 1. The Morgan fingerprint density at radius 3 is 2.81 bits per heavy atom. The normalized spacial score (nSPS) is 13.4. The van der Waals surface area contributed by atoms with Gasteiger partial charge >= 0.3 is 0 Å². The maximum atomic E-state index is 5.78. The monoisotopic (exact) mass is 431 g/mol. The lowest BCUT2D eigenvalue weighted by molar-refractivity contribution is 0.310. The van der Waals surface area contributed by atoms with Gasteiger partial charge in [0.1, 0.15) is 5.75 Å². The first kappa shape index (κ1) is 21.3. The summed E-state index contributed by atoms with van der Waals surface area (Å²) < 4.78 is 5.78. The summed E-state index contributed by atoms with van der Waals surface area (Å²) in [5.41, 5.74) is 5.99. The third kappa shape index (κ3) is 6.05. The molecule has 160 valence electrons. The van der Waals surface area contributed by atoms with Gasteiger partial charge in [-0.15, -0.1) is 12.6 Å². The third-order valence-corrected chi connectivity index (χ3v) is 5.94. The number of thiol groups is 1. The van der Waals surface area contributed by atoms with Gasteiger partial charge in [0, 0.05) is 23.3 Å². The molecule has 0 bridgehead atoms. The Morgan fingerprint density at radius 1 is 1.10 bits per heavy atom. The Morgan fingerprint density at radius 2 is 1.97 bits per heavy atom. The molecule has 1 N–H and O–H groups in total. The van der Waals surface area contributed by atoms with Crippen LogP contribution in [0.2, 0.25) is 0 Å². The number of aromatic amines is 1. The number of benzene rings is 2. The Hall–Kier alpha value is -2.92. The molecule has 0 amide bonds. The Kier molecular flexibility index (Phi) is 7.15. The van der Waals surface area contributed by atoms with E-state index in [2.05, 4.69) is 77.4 Å². The summed E-state index contributed by atoms with van der Waals surface area (Å²) in [6, 6.07) is 18.6. The van der Waals surface area contributed by atoms with Crippen LogP contribution in [0.4, 0.5) is 0 Å². The van der Waals surface area contributed by atoms with Crippen LogP contribution in [-0.2, 0) is 12.8 Å². The van der Waals surface area contributed by atoms with Crippen molar-refractivity contribution < 1.29 is 4.74 Å². The molecule has 2 heterocycles. The maximum absolute atomic E-state index is 5.78. The molecule has 0 saturated heterocycles. The van der Waals surface area contributed by atoms with Crippen LogP contribution in [-0.4, -0.2) is 28.2 Å². The van der Waals surface area contributed by atoms with E-state index < -0.39 is 0 Å². The van der Waals surface area contributed by atoms with E-state index in [0.29, 0.717) is 6.61 Å². The van der Waals surface area contributed by atoms with Crippen LogP contribution in [0, 0.1) is 6.92 Å². The fourth-order valence-electron chi connectivity index (χ4n) is 3.68. The van der Waals surface area contributed by atoms with Crippen molar-refractivity contribution in [2.24, 2.45) is 0 Å². The zero-order valence-electron chi connectivity index (χ0n) is 17.9. The summed E-state index contributed by atoms with van der Waals surface area (Å²) in [5, 5.41) is 7.74. The zero-order chi connectivity index (χ0) is 21.5. The molecule has 0 unspecified atom stereocenters. The summed E-state index contributed by atoms with van der Waals surface area (Å²) in [6.45, 7) is 3.75. The topological polar surface area (TPSA) is 41.1 Å². The van der Waals surface area contributed by atoms with Gasteiger partial charge in [0.05, 0.1) is 12.3 Å². The zero-order valence-corrected chi connectivity index (χ0v) is 18.8. The molecular formula is C26H29N3OS. The van der Waals surface area contributed by atoms with Gasteiger partial charge < -0.3 is 9.64 Å². The first-order chi connectivity index (χ1) is 15.2.